The third kappa shape index (κ3) is 2.92. The Labute approximate surface area is 140 Å². The van der Waals surface area contributed by atoms with Gasteiger partial charge in [0.25, 0.3) is 0 Å². The Morgan fingerprint density at radius 3 is 2.35 bits per heavy atom. The van der Waals surface area contributed by atoms with E-state index < -0.39 is 0 Å². The summed E-state index contributed by atoms with van der Waals surface area (Å²) >= 11 is 6.21. The minimum atomic E-state index is 0.613. The van der Waals surface area contributed by atoms with Gasteiger partial charge in [0.1, 0.15) is 17.5 Å². The van der Waals surface area contributed by atoms with E-state index in [1.54, 1.807) is 6.20 Å². The third-order valence-electron chi connectivity index (χ3n) is 4.17. The molecule has 1 saturated heterocycles. The van der Waals surface area contributed by atoms with Crippen LogP contribution in [-0.2, 0) is 0 Å². The zero-order valence-electron chi connectivity index (χ0n) is 13.1. The van der Waals surface area contributed by atoms with Crippen molar-refractivity contribution in [1.82, 2.24) is 15.2 Å². The minimum absolute atomic E-state index is 0.613. The van der Waals surface area contributed by atoms with Gasteiger partial charge in [-0.1, -0.05) is 11.6 Å². The molecule has 23 heavy (non-hydrogen) atoms. The van der Waals surface area contributed by atoms with Crippen LogP contribution >= 0.6 is 11.6 Å². The maximum absolute atomic E-state index is 9.44. The predicted molar refractivity (Wildman–Crippen MR) is 89.9 cm³/mol. The minimum Gasteiger partial charge on any atom is -0.352 e. The van der Waals surface area contributed by atoms with Crippen LogP contribution in [0.4, 0.5) is 11.6 Å². The summed E-state index contributed by atoms with van der Waals surface area (Å²) in [6.45, 7) is 6.83. The zero-order chi connectivity index (χ0) is 16.4. The molecule has 6 nitrogen and oxygen atoms in total. The second kappa shape index (κ2) is 6.39. The lowest BCUT2D eigenvalue weighted by Gasteiger charge is -2.36. The summed E-state index contributed by atoms with van der Waals surface area (Å²) in [4.78, 5) is 8.61. The van der Waals surface area contributed by atoms with Crippen molar-refractivity contribution in [3.05, 3.63) is 40.2 Å². The number of nitrogens with zero attached hydrogens (tertiary/aromatic N) is 6. The smallest absolute Gasteiger partial charge is 0.169 e. The average Bonchev–Trinajstić information content (AvgIpc) is 2.58. The molecule has 0 aromatic carbocycles. The average molecular weight is 329 g/mol. The second-order valence-electron chi connectivity index (χ2n) is 5.50. The fraction of sp³-hybridized carbons (Fsp3) is 0.375. The maximum Gasteiger partial charge on any atom is 0.169 e. The number of anilines is 2. The van der Waals surface area contributed by atoms with E-state index in [0.29, 0.717) is 16.4 Å². The molecule has 0 amide bonds. The molecule has 0 spiro atoms. The number of hydrogen-bond donors (Lipinski definition) is 0. The van der Waals surface area contributed by atoms with Gasteiger partial charge < -0.3 is 9.80 Å². The van der Waals surface area contributed by atoms with Crippen molar-refractivity contribution in [3.8, 4) is 6.07 Å². The van der Waals surface area contributed by atoms with Crippen LogP contribution in [-0.4, -0.2) is 41.4 Å². The largest absolute Gasteiger partial charge is 0.352 e. The van der Waals surface area contributed by atoms with Crippen molar-refractivity contribution in [3.63, 3.8) is 0 Å². The van der Waals surface area contributed by atoms with Gasteiger partial charge in [-0.3, -0.25) is 0 Å². The Hall–Kier alpha value is -2.39. The highest BCUT2D eigenvalue weighted by atomic mass is 35.5. The van der Waals surface area contributed by atoms with Crippen LogP contribution < -0.4 is 9.80 Å². The van der Waals surface area contributed by atoms with Gasteiger partial charge in [-0.2, -0.15) is 10.4 Å². The lowest BCUT2D eigenvalue weighted by atomic mass is 10.1. The fourth-order valence-electron chi connectivity index (χ4n) is 2.69. The normalized spacial score (nSPS) is 14.7. The summed E-state index contributed by atoms with van der Waals surface area (Å²) < 4.78 is 0. The van der Waals surface area contributed by atoms with Crippen LogP contribution in [0.25, 0.3) is 0 Å². The molecule has 0 N–H and O–H groups in total. The van der Waals surface area contributed by atoms with E-state index in [4.69, 9.17) is 11.6 Å². The second-order valence-corrected chi connectivity index (χ2v) is 5.91. The van der Waals surface area contributed by atoms with E-state index in [9.17, 15) is 5.26 Å². The first-order valence-corrected chi connectivity index (χ1v) is 7.84. The quantitative estimate of drug-likeness (QED) is 0.842. The van der Waals surface area contributed by atoms with E-state index in [1.807, 2.05) is 26.0 Å². The van der Waals surface area contributed by atoms with Gasteiger partial charge in [-0.15, -0.1) is 5.10 Å². The summed E-state index contributed by atoms with van der Waals surface area (Å²) in [6, 6.07) is 5.93. The highest BCUT2D eigenvalue weighted by Gasteiger charge is 2.23. The van der Waals surface area contributed by atoms with E-state index in [1.165, 1.54) is 0 Å². The molecule has 2 aromatic heterocycles. The molecule has 7 heteroatoms. The number of aromatic nitrogens is 3. The van der Waals surface area contributed by atoms with Crippen molar-refractivity contribution in [2.24, 2.45) is 0 Å². The molecule has 1 fully saturated rings. The fourth-order valence-corrected chi connectivity index (χ4v) is 2.93. The summed E-state index contributed by atoms with van der Waals surface area (Å²) in [5.41, 5.74) is 2.30. The van der Waals surface area contributed by atoms with E-state index in [0.717, 1.165) is 43.3 Å². The maximum atomic E-state index is 9.44. The first kappa shape index (κ1) is 15.5. The van der Waals surface area contributed by atoms with Gasteiger partial charge in [0, 0.05) is 32.4 Å². The van der Waals surface area contributed by atoms with E-state index in [2.05, 4.69) is 31.1 Å². The predicted octanol–water partition coefficient (Wildman–Crippen LogP) is 2.34. The Kier molecular flexibility index (Phi) is 4.30. The molecule has 0 unspecified atom stereocenters. The molecular formula is C16H17ClN6. The highest BCUT2D eigenvalue weighted by Crippen LogP contribution is 2.26. The molecule has 1 aliphatic rings. The lowest BCUT2D eigenvalue weighted by molar-refractivity contribution is 0.636. The number of pyridine rings is 1. The number of nitriles is 1. The molecule has 0 bridgehead atoms. The topological polar surface area (TPSA) is 68.9 Å². The summed E-state index contributed by atoms with van der Waals surface area (Å²) in [7, 11) is 0. The summed E-state index contributed by atoms with van der Waals surface area (Å²) in [6.07, 6.45) is 1.75. The Bertz CT molecular complexity index is 762. The van der Waals surface area contributed by atoms with E-state index in [-0.39, 0.29) is 0 Å². The lowest BCUT2D eigenvalue weighted by Crippen LogP contribution is -2.47. The molecule has 118 valence electrons. The molecule has 0 atom stereocenters. The Balaban J connectivity index is 1.79. The van der Waals surface area contributed by atoms with Gasteiger partial charge in [0.15, 0.2) is 5.82 Å². The molecule has 1 aliphatic heterocycles. The van der Waals surface area contributed by atoms with E-state index >= 15 is 0 Å². The van der Waals surface area contributed by atoms with Crippen LogP contribution in [0.15, 0.2) is 18.3 Å². The molecule has 2 aromatic rings. The first-order valence-electron chi connectivity index (χ1n) is 7.46. The van der Waals surface area contributed by atoms with Crippen LogP contribution in [0.5, 0.6) is 0 Å². The van der Waals surface area contributed by atoms with Crippen molar-refractivity contribution < 1.29 is 0 Å². The summed E-state index contributed by atoms with van der Waals surface area (Å²) in [5.74, 6) is 1.47. The standard InChI is InChI=1S/C16H17ClN6/c1-11-12(2)20-21-15(13(11)10-18)22-6-8-23(9-7-22)16-14(17)4-3-5-19-16/h3-5H,6-9H2,1-2H3. The van der Waals surface area contributed by atoms with Crippen LogP contribution in [0.2, 0.25) is 5.02 Å². The Morgan fingerprint density at radius 1 is 1.09 bits per heavy atom. The summed E-state index contributed by atoms with van der Waals surface area (Å²) in [5, 5.41) is 18.5. The molecule has 3 heterocycles. The SMILES string of the molecule is Cc1nnc(N2CCN(c3ncccc3Cl)CC2)c(C#N)c1C. The van der Waals surface area contributed by atoms with Gasteiger partial charge in [0.05, 0.1) is 10.7 Å². The van der Waals surface area contributed by atoms with Crippen molar-refractivity contribution in [2.75, 3.05) is 36.0 Å². The van der Waals surface area contributed by atoms with Crippen molar-refractivity contribution in [2.45, 2.75) is 13.8 Å². The highest BCUT2D eigenvalue weighted by molar-refractivity contribution is 6.32. The molecule has 0 radical (unpaired) electrons. The molecular weight excluding hydrogens is 312 g/mol. The van der Waals surface area contributed by atoms with Crippen molar-refractivity contribution >= 4 is 23.2 Å². The van der Waals surface area contributed by atoms with Gasteiger partial charge >= 0.3 is 0 Å². The first-order chi connectivity index (χ1) is 11.1. The van der Waals surface area contributed by atoms with Gasteiger partial charge in [-0.05, 0) is 31.5 Å². The number of rotatable bonds is 2. The molecule has 0 saturated carbocycles. The molecule has 3 rings (SSSR count). The number of halogens is 1. The van der Waals surface area contributed by atoms with Crippen LogP contribution in [0.3, 0.4) is 0 Å². The van der Waals surface area contributed by atoms with Crippen molar-refractivity contribution in [1.29, 1.82) is 5.26 Å². The monoisotopic (exact) mass is 328 g/mol. The van der Waals surface area contributed by atoms with Gasteiger partial charge in [0.2, 0.25) is 0 Å². The molecule has 0 aliphatic carbocycles. The number of hydrogen-bond acceptors (Lipinski definition) is 6. The van der Waals surface area contributed by atoms with Crippen LogP contribution in [0, 0.1) is 25.2 Å². The number of aryl methyl sites for hydroxylation is 1. The number of piperazine rings is 1. The van der Waals surface area contributed by atoms with Crippen LogP contribution in [0.1, 0.15) is 16.8 Å². The zero-order valence-corrected chi connectivity index (χ0v) is 13.9. The Morgan fingerprint density at radius 2 is 1.74 bits per heavy atom. The third-order valence-corrected chi connectivity index (χ3v) is 4.46. The van der Waals surface area contributed by atoms with Gasteiger partial charge in [-0.25, -0.2) is 4.98 Å².